The SMILES string of the molecule is CN(C)C(=O)Cn1c2cccc(C#N)c2c2ncnc(N3CCN(CCc4ccc(F)c(F)c4)CC3)c21. The van der Waals surface area contributed by atoms with Crippen LogP contribution in [0, 0.1) is 23.0 Å². The number of anilines is 1. The lowest BCUT2D eigenvalue weighted by Crippen LogP contribution is -2.47. The maximum atomic E-state index is 13.5. The highest BCUT2D eigenvalue weighted by molar-refractivity contribution is 6.12. The molecule has 190 valence electrons. The summed E-state index contributed by atoms with van der Waals surface area (Å²) in [5.74, 6) is -0.993. The Balaban J connectivity index is 1.43. The van der Waals surface area contributed by atoms with Gasteiger partial charge in [-0.3, -0.25) is 9.69 Å². The van der Waals surface area contributed by atoms with Gasteiger partial charge in [-0.25, -0.2) is 18.7 Å². The molecule has 4 aromatic rings. The molecule has 1 saturated heterocycles. The highest BCUT2D eigenvalue weighted by atomic mass is 19.2. The van der Waals surface area contributed by atoms with Crippen molar-refractivity contribution in [1.29, 1.82) is 5.26 Å². The number of piperazine rings is 1. The minimum absolute atomic E-state index is 0.0713. The third-order valence-electron chi connectivity index (χ3n) is 6.93. The predicted octanol–water partition coefficient (Wildman–Crippen LogP) is 3.19. The first kappa shape index (κ1) is 24.6. The van der Waals surface area contributed by atoms with E-state index >= 15 is 0 Å². The molecule has 10 heteroatoms. The van der Waals surface area contributed by atoms with Crippen LogP contribution in [-0.2, 0) is 17.8 Å². The summed E-state index contributed by atoms with van der Waals surface area (Å²) < 4.78 is 28.7. The van der Waals surface area contributed by atoms with Crippen molar-refractivity contribution in [3.63, 3.8) is 0 Å². The van der Waals surface area contributed by atoms with E-state index in [1.165, 1.54) is 18.5 Å². The van der Waals surface area contributed by atoms with Gasteiger partial charge in [-0.05, 0) is 36.2 Å². The third kappa shape index (κ3) is 4.70. The van der Waals surface area contributed by atoms with Gasteiger partial charge in [0.15, 0.2) is 17.5 Å². The normalized spacial score (nSPS) is 14.3. The standard InChI is InChI=1S/C27H27F2N7O/c1-33(2)23(37)16-36-22-5-3-4-19(15-30)24(22)25-26(36)27(32-17-31-25)35-12-10-34(11-13-35)9-8-18-6-7-20(28)21(29)14-18/h3-7,14,17H,8-13,16H2,1-2H3. The Bertz CT molecular complexity index is 1520. The quantitative estimate of drug-likeness (QED) is 0.402. The van der Waals surface area contributed by atoms with Gasteiger partial charge < -0.3 is 14.4 Å². The minimum atomic E-state index is -0.833. The summed E-state index contributed by atoms with van der Waals surface area (Å²) in [5, 5.41) is 10.5. The summed E-state index contributed by atoms with van der Waals surface area (Å²) in [6.45, 7) is 3.80. The highest BCUT2D eigenvalue weighted by Crippen LogP contribution is 2.35. The van der Waals surface area contributed by atoms with E-state index in [4.69, 9.17) is 0 Å². The number of benzene rings is 2. The summed E-state index contributed by atoms with van der Waals surface area (Å²) in [4.78, 5) is 27.9. The third-order valence-corrected chi connectivity index (χ3v) is 6.93. The molecule has 0 radical (unpaired) electrons. The van der Waals surface area contributed by atoms with Crippen molar-refractivity contribution in [2.45, 2.75) is 13.0 Å². The number of nitrogens with zero attached hydrogens (tertiary/aromatic N) is 7. The van der Waals surface area contributed by atoms with Gasteiger partial charge in [0.1, 0.15) is 23.9 Å². The fourth-order valence-electron chi connectivity index (χ4n) is 4.87. The summed E-state index contributed by atoms with van der Waals surface area (Å²) in [7, 11) is 3.43. The second-order valence-corrected chi connectivity index (χ2v) is 9.41. The monoisotopic (exact) mass is 503 g/mol. The average Bonchev–Trinajstić information content (AvgIpc) is 3.23. The van der Waals surface area contributed by atoms with E-state index in [9.17, 15) is 18.8 Å². The molecule has 5 rings (SSSR count). The lowest BCUT2D eigenvalue weighted by atomic mass is 10.1. The van der Waals surface area contributed by atoms with Crippen molar-refractivity contribution in [1.82, 2.24) is 24.3 Å². The zero-order chi connectivity index (χ0) is 26.1. The minimum Gasteiger partial charge on any atom is -0.352 e. The lowest BCUT2D eigenvalue weighted by molar-refractivity contribution is -0.129. The Morgan fingerprint density at radius 1 is 1.08 bits per heavy atom. The van der Waals surface area contributed by atoms with Gasteiger partial charge in [0.25, 0.3) is 0 Å². The molecule has 1 aliphatic rings. The van der Waals surface area contributed by atoms with Gasteiger partial charge in [0, 0.05) is 52.2 Å². The number of rotatable bonds is 6. The fourth-order valence-corrected chi connectivity index (χ4v) is 4.87. The van der Waals surface area contributed by atoms with Crippen molar-refractivity contribution >= 4 is 33.7 Å². The Morgan fingerprint density at radius 3 is 2.57 bits per heavy atom. The van der Waals surface area contributed by atoms with Gasteiger partial charge in [-0.15, -0.1) is 0 Å². The van der Waals surface area contributed by atoms with Crippen LogP contribution < -0.4 is 4.90 Å². The summed E-state index contributed by atoms with van der Waals surface area (Å²) in [6, 6.07) is 11.8. The first-order valence-corrected chi connectivity index (χ1v) is 12.1. The number of amides is 1. The number of halogens is 2. The molecule has 0 spiro atoms. The molecule has 8 nitrogen and oxygen atoms in total. The Kier molecular flexibility index (Phi) is 6.72. The van der Waals surface area contributed by atoms with Crippen LogP contribution in [0.15, 0.2) is 42.7 Å². The molecule has 1 fully saturated rings. The van der Waals surface area contributed by atoms with Crippen LogP contribution in [0.3, 0.4) is 0 Å². The fraction of sp³-hybridized carbons (Fsp3) is 0.333. The molecule has 0 unspecified atom stereocenters. The second kappa shape index (κ2) is 10.1. The number of hydrogen-bond acceptors (Lipinski definition) is 6. The van der Waals surface area contributed by atoms with Crippen molar-refractivity contribution in [2.24, 2.45) is 0 Å². The second-order valence-electron chi connectivity index (χ2n) is 9.41. The lowest BCUT2D eigenvalue weighted by Gasteiger charge is -2.35. The van der Waals surface area contributed by atoms with Crippen LogP contribution >= 0.6 is 0 Å². The van der Waals surface area contributed by atoms with Gasteiger partial charge in [0.05, 0.1) is 17.1 Å². The number of fused-ring (bicyclic) bond motifs is 3. The van der Waals surface area contributed by atoms with Crippen LogP contribution in [0.2, 0.25) is 0 Å². The van der Waals surface area contributed by atoms with Crippen LogP contribution in [0.25, 0.3) is 21.9 Å². The van der Waals surface area contributed by atoms with E-state index in [1.807, 2.05) is 16.7 Å². The number of aromatic nitrogens is 3. The van der Waals surface area contributed by atoms with Crippen molar-refractivity contribution in [3.8, 4) is 6.07 Å². The van der Waals surface area contributed by atoms with Crippen LogP contribution in [0.5, 0.6) is 0 Å². The zero-order valence-corrected chi connectivity index (χ0v) is 20.8. The van der Waals surface area contributed by atoms with E-state index in [-0.39, 0.29) is 12.5 Å². The first-order valence-electron chi connectivity index (χ1n) is 12.1. The Hall–Kier alpha value is -4.10. The Morgan fingerprint density at radius 2 is 1.86 bits per heavy atom. The van der Waals surface area contributed by atoms with Gasteiger partial charge >= 0.3 is 0 Å². The van der Waals surface area contributed by atoms with Crippen molar-refractivity contribution in [3.05, 3.63) is 65.5 Å². The molecular formula is C27H27F2N7O. The van der Waals surface area contributed by atoms with E-state index in [1.54, 1.807) is 31.1 Å². The summed E-state index contributed by atoms with van der Waals surface area (Å²) >= 11 is 0. The number of hydrogen-bond donors (Lipinski definition) is 0. The molecule has 2 aromatic carbocycles. The van der Waals surface area contributed by atoms with Gasteiger partial charge in [-0.1, -0.05) is 12.1 Å². The maximum absolute atomic E-state index is 13.5. The van der Waals surface area contributed by atoms with E-state index in [0.29, 0.717) is 30.6 Å². The molecule has 1 amide bonds. The maximum Gasteiger partial charge on any atom is 0.242 e. The number of nitriles is 1. The van der Waals surface area contributed by atoms with Crippen LogP contribution in [-0.4, -0.2) is 77.1 Å². The predicted molar refractivity (Wildman–Crippen MR) is 137 cm³/mol. The molecule has 0 N–H and O–H groups in total. The molecule has 0 bridgehead atoms. The summed E-state index contributed by atoms with van der Waals surface area (Å²) in [5.41, 5.74) is 3.44. The molecule has 37 heavy (non-hydrogen) atoms. The number of carbonyl (C=O) groups is 1. The molecular weight excluding hydrogens is 476 g/mol. The van der Waals surface area contributed by atoms with Crippen LogP contribution in [0.4, 0.5) is 14.6 Å². The smallest absolute Gasteiger partial charge is 0.242 e. The molecule has 3 heterocycles. The molecule has 0 aliphatic carbocycles. The number of likely N-dealkylation sites (N-methyl/N-ethyl adjacent to an activating group) is 1. The molecule has 1 aliphatic heterocycles. The zero-order valence-electron chi connectivity index (χ0n) is 20.8. The van der Waals surface area contributed by atoms with Crippen molar-refractivity contribution < 1.29 is 13.6 Å². The molecule has 2 aromatic heterocycles. The topological polar surface area (TPSA) is 81.3 Å². The van der Waals surface area contributed by atoms with Crippen molar-refractivity contribution in [2.75, 3.05) is 51.7 Å². The first-order chi connectivity index (χ1) is 17.9. The van der Waals surface area contributed by atoms with Crippen LogP contribution in [0.1, 0.15) is 11.1 Å². The van der Waals surface area contributed by atoms with Gasteiger partial charge in [0.2, 0.25) is 5.91 Å². The number of carbonyl (C=O) groups excluding carboxylic acids is 1. The van der Waals surface area contributed by atoms with Gasteiger partial charge in [-0.2, -0.15) is 5.26 Å². The highest BCUT2D eigenvalue weighted by Gasteiger charge is 2.25. The van der Waals surface area contributed by atoms with E-state index < -0.39 is 11.6 Å². The molecule has 0 saturated carbocycles. The average molecular weight is 504 g/mol. The van der Waals surface area contributed by atoms with E-state index in [0.717, 1.165) is 47.4 Å². The van der Waals surface area contributed by atoms with E-state index in [2.05, 4.69) is 25.8 Å². The molecule has 0 atom stereocenters. The summed E-state index contributed by atoms with van der Waals surface area (Å²) in [6.07, 6.45) is 2.14. The Labute approximate surface area is 213 Å². The largest absolute Gasteiger partial charge is 0.352 e.